The van der Waals surface area contributed by atoms with Crippen LogP contribution < -0.4 is 9.47 Å². The van der Waals surface area contributed by atoms with Gasteiger partial charge >= 0.3 is 0 Å². The van der Waals surface area contributed by atoms with Gasteiger partial charge in [0.2, 0.25) is 6.29 Å². The zero-order valence-electron chi connectivity index (χ0n) is 11.9. The van der Waals surface area contributed by atoms with Crippen molar-refractivity contribution < 1.29 is 18.9 Å². The fourth-order valence-electron chi connectivity index (χ4n) is 1.80. The van der Waals surface area contributed by atoms with Crippen LogP contribution in [0.5, 0.6) is 11.5 Å². The van der Waals surface area contributed by atoms with E-state index in [0.29, 0.717) is 0 Å². The molecule has 0 fully saturated rings. The number of benzene rings is 1. The van der Waals surface area contributed by atoms with E-state index in [1.165, 1.54) is 11.3 Å². The second-order valence-electron chi connectivity index (χ2n) is 3.98. The summed E-state index contributed by atoms with van der Waals surface area (Å²) >= 11 is 1.52. The van der Waals surface area contributed by atoms with Gasteiger partial charge in [0.25, 0.3) is 0 Å². The van der Waals surface area contributed by atoms with Crippen LogP contribution in [0.15, 0.2) is 23.6 Å². The van der Waals surface area contributed by atoms with Crippen molar-refractivity contribution in [2.24, 2.45) is 0 Å². The van der Waals surface area contributed by atoms with Crippen LogP contribution in [0.4, 0.5) is 0 Å². The highest BCUT2D eigenvalue weighted by Crippen LogP contribution is 2.33. The lowest BCUT2D eigenvalue weighted by Gasteiger charge is -2.09. The number of ether oxygens (including phenoxy) is 4. The Morgan fingerprint density at radius 3 is 2.05 bits per heavy atom. The van der Waals surface area contributed by atoms with Crippen molar-refractivity contribution >= 4 is 11.3 Å². The van der Waals surface area contributed by atoms with Crippen LogP contribution in [-0.4, -0.2) is 33.4 Å². The molecule has 0 aliphatic rings. The van der Waals surface area contributed by atoms with Crippen LogP contribution in [-0.2, 0) is 9.47 Å². The maximum Gasteiger partial charge on any atom is 0.201 e. The fraction of sp³-hybridized carbons (Fsp3) is 0.357. The first-order valence-electron chi connectivity index (χ1n) is 5.96. The Balaban J connectivity index is 2.36. The molecular formula is C14H17NO4S. The van der Waals surface area contributed by atoms with Crippen LogP contribution >= 0.6 is 11.3 Å². The Labute approximate surface area is 122 Å². The fourth-order valence-corrected chi connectivity index (χ4v) is 2.60. The molecule has 0 saturated heterocycles. The van der Waals surface area contributed by atoms with E-state index in [4.69, 9.17) is 18.9 Å². The summed E-state index contributed by atoms with van der Waals surface area (Å²) in [6.07, 6.45) is -0.451. The molecule has 1 heterocycles. The molecule has 5 nitrogen and oxygen atoms in total. The molecule has 2 rings (SSSR count). The van der Waals surface area contributed by atoms with Crippen molar-refractivity contribution in [3.8, 4) is 22.1 Å². The second kappa shape index (κ2) is 6.69. The Morgan fingerprint density at radius 2 is 1.55 bits per heavy atom. The van der Waals surface area contributed by atoms with Crippen molar-refractivity contribution in [2.45, 2.75) is 6.29 Å². The molecule has 0 radical (unpaired) electrons. The third-order valence-corrected chi connectivity index (χ3v) is 3.70. The van der Waals surface area contributed by atoms with Gasteiger partial charge in [-0.15, -0.1) is 11.3 Å². The Bertz CT molecular complexity index is 544. The van der Waals surface area contributed by atoms with Gasteiger partial charge in [0.1, 0.15) is 22.2 Å². The zero-order chi connectivity index (χ0) is 14.5. The summed E-state index contributed by atoms with van der Waals surface area (Å²) in [5, 5.41) is 2.77. The SMILES string of the molecule is COc1cc(OC)cc(-c2nc(C(OC)OC)cs2)c1. The highest BCUT2D eigenvalue weighted by atomic mass is 32.1. The normalized spacial score (nSPS) is 10.8. The van der Waals surface area contributed by atoms with Gasteiger partial charge in [-0.3, -0.25) is 0 Å². The van der Waals surface area contributed by atoms with Crippen molar-refractivity contribution in [3.63, 3.8) is 0 Å². The van der Waals surface area contributed by atoms with Crippen LogP contribution in [0.3, 0.4) is 0 Å². The first-order chi connectivity index (χ1) is 9.71. The number of hydrogen-bond donors (Lipinski definition) is 0. The Kier molecular flexibility index (Phi) is 4.94. The summed E-state index contributed by atoms with van der Waals surface area (Å²) in [5.74, 6) is 1.46. The summed E-state index contributed by atoms with van der Waals surface area (Å²) in [6.45, 7) is 0. The summed E-state index contributed by atoms with van der Waals surface area (Å²) in [5.41, 5.74) is 1.68. The van der Waals surface area contributed by atoms with Crippen LogP contribution in [0.1, 0.15) is 12.0 Å². The molecule has 108 valence electrons. The maximum atomic E-state index is 5.26. The zero-order valence-corrected chi connectivity index (χ0v) is 12.7. The Morgan fingerprint density at radius 1 is 0.950 bits per heavy atom. The van der Waals surface area contributed by atoms with Crippen molar-refractivity contribution in [1.29, 1.82) is 0 Å². The van der Waals surface area contributed by atoms with Crippen LogP contribution in [0.25, 0.3) is 10.6 Å². The van der Waals surface area contributed by atoms with Crippen molar-refractivity contribution in [2.75, 3.05) is 28.4 Å². The van der Waals surface area contributed by atoms with E-state index < -0.39 is 6.29 Å². The van der Waals surface area contributed by atoms with Crippen LogP contribution in [0.2, 0.25) is 0 Å². The van der Waals surface area contributed by atoms with E-state index in [2.05, 4.69) is 4.98 Å². The minimum absolute atomic E-state index is 0.451. The largest absolute Gasteiger partial charge is 0.497 e. The summed E-state index contributed by atoms with van der Waals surface area (Å²) in [6, 6.07) is 5.66. The van der Waals surface area contributed by atoms with Crippen LogP contribution in [0, 0.1) is 0 Å². The standard InChI is InChI=1S/C14H17NO4S/c1-16-10-5-9(6-11(7-10)17-2)13-15-12(8-20-13)14(18-3)19-4/h5-8,14H,1-4H3. The smallest absolute Gasteiger partial charge is 0.201 e. The number of nitrogens with zero attached hydrogens (tertiary/aromatic N) is 1. The van der Waals surface area contributed by atoms with Crippen molar-refractivity contribution in [1.82, 2.24) is 4.98 Å². The van der Waals surface area contributed by atoms with E-state index in [0.717, 1.165) is 27.8 Å². The molecule has 0 bridgehead atoms. The predicted molar refractivity (Wildman–Crippen MR) is 77.4 cm³/mol. The molecule has 0 atom stereocenters. The molecule has 20 heavy (non-hydrogen) atoms. The average molecular weight is 295 g/mol. The highest BCUT2D eigenvalue weighted by molar-refractivity contribution is 7.13. The molecule has 2 aromatic rings. The predicted octanol–water partition coefficient (Wildman–Crippen LogP) is 3.12. The Hall–Kier alpha value is -1.63. The molecule has 0 unspecified atom stereocenters. The second-order valence-corrected chi connectivity index (χ2v) is 4.84. The van der Waals surface area contributed by atoms with Gasteiger partial charge in [-0.1, -0.05) is 0 Å². The number of methoxy groups -OCH3 is 4. The number of aromatic nitrogens is 1. The van der Waals surface area contributed by atoms with Gasteiger partial charge < -0.3 is 18.9 Å². The minimum atomic E-state index is -0.451. The molecule has 6 heteroatoms. The average Bonchev–Trinajstić information content (AvgIpc) is 2.97. The highest BCUT2D eigenvalue weighted by Gasteiger charge is 2.15. The lowest BCUT2D eigenvalue weighted by Crippen LogP contribution is -2.03. The van der Waals surface area contributed by atoms with E-state index in [-0.39, 0.29) is 0 Å². The minimum Gasteiger partial charge on any atom is -0.497 e. The van der Waals surface area contributed by atoms with Gasteiger partial charge in [0, 0.05) is 31.2 Å². The molecule has 0 aliphatic heterocycles. The third-order valence-electron chi connectivity index (χ3n) is 2.79. The summed E-state index contributed by atoms with van der Waals surface area (Å²) < 4.78 is 20.9. The molecule has 0 amide bonds. The third kappa shape index (κ3) is 3.09. The molecule has 0 aliphatic carbocycles. The van der Waals surface area contributed by atoms with Gasteiger partial charge in [-0.05, 0) is 12.1 Å². The maximum absolute atomic E-state index is 5.26. The number of thiazole rings is 1. The summed E-state index contributed by atoms with van der Waals surface area (Å²) in [7, 11) is 6.42. The summed E-state index contributed by atoms with van der Waals surface area (Å²) in [4.78, 5) is 4.53. The quantitative estimate of drug-likeness (QED) is 0.766. The molecule has 0 N–H and O–H groups in total. The number of hydrogen-bond acceptors (Lipinski definition) is 6. The number of rotatable bonds is 6. The van der Waals surface area contributed by atoms with E-state index in [1.807, 2.05) is 23.6 Å². The van der Waals surface area contributed by atoms with Gasteiger partial charge in [0.05, 0.1) is 14.2 Å². The first kappa shape index (κ1) is 14.8. The topological polar surface area (TPSA) is 49.8 Å². The van der Waals surface area contributed by atoms with E-state index in [1.54, 1.807) is 28.4 Å². The first-order valence-corrected chi connectivity index (χ1v) is 6.84. The lowest BCUT2D eigenvalue weighted by atomic mass is 10.2. The molecular weight excluding hydrogens is 278 g/mol. The molecule has 0 saturated carbocycles. The van der Waals surface area contributed by atoms with E-state index in [9.17, 15) is 0 Å². The molecule has 1 aromatic carbocycles. The monoisotopic (exact) mass is 295 g/mol. The van der Waals surface area contributed by atoms with Gasteiger partial charge in [0.15, 0.2) is 0 Å². The lowest BCUT2D eigenvalue weighted by molar-refractivity contribution is -0.108. The molecule has 0 spiro atoms. The van der Waals surface area contributed by atoms with Gasteiger partial charge in [-0.25, -0.2) is 4.98 Å². The van der Waals surface area contributed by atoms with Crippen molar-refractivity contribution in [3.05, 3.63) is 29.3 Å². The molecule has 1 aromatic heterocycles. The van der Waals surface area contributed by atoms with E-state index >= 15 is 0 Å². The van der Waals surface area contributed by atoms with Gasteiger partial charge in [-0.2, -0.15) is 0 Å².